The third-order valence-electron chi connectivity index (χ3n) is 2.80. The van der Waals surface area contributed by atoms with Gasteiger partial charge < -0.3 is 44.7 Å². The van der Waals surface area contributed by atoms with E-state index in [0.29, 0.717) is 0 Å². The van der Waals surface area contributed by atoms with Gasteiger partial charge in [-0.25, -0.2) is 13.7 Å². The highest BCUT2D eigenvalue weighted by Crippen LogP contribution is 2.50. The molecule has 0 saturated heterocycles. The highest BCUT2D eigenvalue weighted by Gasteiger charge is 2.56. The molecule has 18 heteroatoms. The molecular weight excluding hydrogens is 405 g/mol. The normalized spacial score (nSPS) is 35.9. The van der Waals surface area contributed by atoms with Crippen molar-refractivity contribution in [2.24, 2.45) is 0 Å². The Morgan fingerprint density at radius 1 is 0.500 bits per heavy atom. The van der Waals surface area contributed by atoms with Crippen LogP contribution in [-0.2, 0) is 27.3 Å². The van der Waals surface area contributed by atoms with Crippen LogP contribution in [0.25, 0.3) is 0 Å². The van der Waals surface area contributed by atoms with Crippen LogP contribution in [0, 0.1) is 0 Å². The Labute approximate surface area is 133 Å². The molecule has 1 fully saturated rings. The van der Waals surface area contributed by atoms with E-state index >= 15 is 0 Å². The summed E-state index contributed by atoms with van der Waals surface area (Å²) in [5.74, 6) is 0. The second-order valence-corrected chi connectivity index (χ2v) is 8.23. The molecule has 0 aromatic carbocycles. The van der Waals surface area contributed by atoms with Gasteiger partial charge in [0.25, 0.3) is 0 Å². The fraction of sp³-hybridized carbons (Fsp3) is 1.00. The van der Waals surface area contributed by atoms with E-state index in [4.69, 9.17) is 29.4 Å². The average Bonchev–Trinajstić information content (AvgIpc) is 2.32. The Morgan fingerprint density at radius 3 is 1.00 bits per heavy atom. The molecule has 0 heterocycles. The zero-order valence-corrected chi connectivity index (χ0v) is 14.0. The topological polar surface area (TPSA) is 261 Å². The van der Waals surface area contributed by atoms with Crippen molar-refractivity contribution in [3.63, 3.8) is 0 Å². The predicted octanol–water partition coefficient (Wildman–Crippen LogP) is -3.48. The Hall–Kier alpha value is 0.210. The van der Waals surface area contributed by atoms with Crippen LogP contribution in [0.4, 0.5) is 0 Å². The SMILES string of the molecule is O=P(O)(O)O[C@@H]1[C@@H](OP(=O)(O)O)[C@H](O)[C@@H](O)[C@H](O)[C@@H]1OP(=O)(O)O. The summed E-state index contributed by atoms with van der Waals surface area (Å²) in [6, 6.07) is 0. The number of aliphatic hydroxyl groups excluding tert-OH is 3. The molecule has 0 spiro atoms. The van der Waals surface area contributed by atoms with Crippen LogP contribution in [0.3, 0.4) is 0 Å². The zero-order chi connectivity index (χ0) is 19.1. The molecular formula is C6H15O15P3. The molecule has 0 amide bonds. The third kappa shape index (κ3) is 6.50. The molecule has 1 rings (SSSR count). The average molecular weight is 420 g/mol. The molecule has 1 aliphatic carbocycles. The maximum atomic E-state index is 11.0. The lowest BCUT2D eigenvalue weighted by molar-refractivity contribution is -0.212. The van der Waals surface area contributed by atoms with Crippen LogP contribution in [0.5, 0.6) is 0 Å². The second-order valence-electron chi connectivity index (χ2n) is 4.65. The number of hydrogen-bond donors (Lipinski definition) is 9. The molecule has 15 nitrogen and oxygen atoms in total. The first-order valence-electron chi connectivity index (χ1n) is 5.78. The van der Waals surface area contributed by atoms with Gasteiger partial charge in [-0.3, -0.25) is 13.6 Å². The molecule has 1 saturated carbocycles. The monoisotopic (exact) mass is 420 g/mol. The molecule has 0 aromatic heterocycles. The largest absolute Gasteiger partial charge is 0.470 e. The molecule has 0 aromatic rings. The molecule has 24 heavy (non-hydrogen) atoms. The summed E-state index contributed by atoms with van der Waals surface area (Å²) in [5, 5.41) is 29.0. The molecule has 0 radical (unpaired) electrons. The van der Waals surface area contributed by atoms with Crippen LogP contribution in [0.1, 0.15) is 0 Å². The van der Waals surface area contributed by atoms with Crippen LogP contribution in [0.2, 0.25) is 0 Å². The van der Waals surface area contributed by atoms with Crippen molar-refractivity contribution in [2.45, 2.75) is 36.6 Å². The molecule has 9 N–H and O–H groups in total. The number of hydrogen-bond acceptors (Lipinski definition) is 9. The highest BCUT2D eigenvalue weighted by atomic mass is 31.2. The first kappa shape index (κ1) is 22.3. The van der Waals surface area contributed by atoms with Gasteiger partial charge in [-0.05, 0) is 0 Å². The van der Waals surface area contributed by atoms with Gasteiger partial charge in [-0.1, -0.05) is 0 Å². The van der Waals surface area contributed by atoms with Crippen molar-refractivity contribution in [3.05, 3.63) is 0 Å². The minimum Gasteiger partial charge on any atom is -0.387 e. The van der Waals surface area contributed by atoms with Crippen LogP contribution >= 0.6 is 23.5 Å². The fourth-order valence-corrected chi connectivity index (χ4v) is 3.69. The molecule has 0 bridgehead atoms. The van der Waals surface area contributed by atoms with Crippen molar-refractivity contribution in [1.29, 1.82) is 0 Å². The van der Waals surface area contributed by atoms with E-state index in [-0.39, 0.29) is 0 Å². The van der Waals surface area contributed by atoms with E-state index in [1.807, 2.05) is 0 Å². The summed E-state index contributed by atoms with van der Waals surface area (Å²) in [6.45, 7) is 0. The van der Waals surface area contributed by atoms with E-state index in [9.17, 15) is 29.0 Å². The van der Waals surface area contributed by atoms with Gasteiger partial charge >= 0.3 is 23.5 Å². The van der Waals surface area contributed by atoms with E-state index < -0.39 is 60.1 Å². The number of phosphoric acid groups is 3. The molecule has 0 aliphatic heterocycles. The number of rotatable bonds is 6. The highest BCUT2D eigenvalue weighted by molar-refractivity contribution is 7.47. The Bertz CT molecular complexity index is 536. The third-order valence-corrected chi connectivity index (χ3v) is 4.35. The van der Waals surface area contributed by atoms with Gasteiger partial charge in [0.1, 0.15) is 36.6 Å². The zero-order valence-electron chi connectivity index (χ0n) is 11.3. The standard InChI is InChI=1S/C6H15O15P3/c7-1-2(8)4(19-22(10,11)12)6(21-24(16,17)18)5(3(1)9)20-23(13,14)15/h1-9H,(H2,10,11,12)(H2,13,14,15)(H2,16,17,18)/t1-,2-,3+,4-,5-,6-/m0/s1. The lowest BCUT2D eigenvalue weighted by Gasteiger charge is -2.44. The summed E-state index contributed by atoms with van der Waals surface area (Å²) in [4.78, 5) is 52.7. The lowest BCUT2D eigenvalue weighted by Crippen LogP contribution is -2.65. The minimum absolute atomic E-state index is 2.31. The van der Waals surface area contributed by atoms with Gasteiger partial charge in [0.15, 0.2) is 0 Å². The lowest BCUT2D eigenvalue weighted by atomic mass is 9.85. The maximum absolute atomic E-state index is 11.0. The maximum Gasteiger partial charge on any atom is 0.470 e. The Kier molecular flexibility index (Phi) is 6.90. The summed E-state index contributed by atoms with van der Waals surface area (Å²) in [6.07, 6.45) is -14.3. The quantitative estimate of drug-likeness (QED) is 0.189. The van der Waals surface area contributed by atoms with E-state index in [2.05, 4.69) is 13.6 Å². The fourth-order valence-electron chi connectivity index (χ4n) is 2.01. The summed E-state index contributed by atoms with van der Waals surface area (Å²) in [7, 11) is -16.3. The van der Waals surface area contributed by atoms with Crippen LogP contribution < -0.4 is 0 Å². The predicted molar refractivity (Wildman–Crippen MR) is 68.8 cm³/mol. The smallest absolute Gasteiger partial charge is 0.387 e. The Balaban J connectivity index is 3.32. The summed E-state index contributed by atoms with van der Waals surface area (Å²) in [5.41, 5.74) is 0. The molecule has 144 valence electrons. The van der Waals surface area contributed by atoms with Crippen LogP contribution in [-0.4, -0.2) is 81.3 Å². The first-order chi connectivity index (χ1) is 10.5. The van der Waals surface area contributed by atoms with Gasteiger partial charge in [0.05, 0.1) is 0 Å². The van der Waals surface area contributed by atoms with Gasteiger partial charge in [0.2, 0.25) is 0 Å². The second kappa shape index (κ2) is 7.45. The molecule has 0 unspecified atom stereocenters. The first-order valence-corrected chi connectivity index (χ1v) is 10.4. The van der Waals surface area contributed by atoms with Crippen molar-refractivity contribution in [1.82, 2.24) is 0 Å². The number of aliphatic hydroxyl groups is 3. The minimum atomic E-state index is -5.48. The number of phosphoric ester groups is 3. The van der Waals surface area contributed by atoms with Gasteiger partial charge in [0, 0.05) is 0 Å². The molecule has 1 aliphatic rings. The van der Waals surface area contributed by atoms with E-state index in [1.54, 1.807) is 0 Å². The Morgan fingerprint density at radius 2 is 0.750 bits per heavy atom. The van der Waals surface area contributed by atoms with Gasteiger partial charge in [-0.2, -0.15) is 0 Å². The van der Waals surface area contributed by atoms with E-state index in [0.717, 1.165) is 0 Å². The van der Waals surface area contributed by atoms with Crippen molar-refractivity contribution in [3.8, 4) is 0 Å². The van der Waals surface area contributed by atoms with Gasteiger partial charge in [-0.15, -0.1) is 0 Å². The van der Waals surface area contributed by atoms with Crippen molar-refractivity contribution >= 4 is 23.5 Å². The van der Waals surface area contributed by atoms with Crippen molar-refractivity contribution in [2.75, 3.05) is 0 Å². The van der Waals surface area contributed by atoms with Crippen molar-refractivity contribution < 1.29 is 71.9 Å². The summed E-state index contributed by atoms with van der Waals surface area (Å²) < 4.78 is 45.0. The van der Waals surface area contributed by atoms with E-state index in [1.165, 1.54) is 0 Å². The molecule has 6 atom stereocenters. The van der Waals surface area contributed by atoms with Crippen LogP contribution in [0.15, 0.2) is 0 Å². The summed E-state index contributed by atoms with van der Waals surface area (Å²) >= 11 is 0.